The Bertz CT molecular complexity index is 858. The van der Waals surface area contributed by atoms with Crippen LogP contribution in [-0.2, 0) is 6.54 Å². The fraction of sp³-hybridized carbons (Fsp3) is 0.417. The average Bonchev–Trinajstić information content (AvgIpc) is 3.27. The predicted octanol–water partition coefficient (Wildman–Crippen LogP) is 4.34. The number of para-hydroxylation sites is 1. The summed E-state index contributed by atoms with van der Waals surface area (Å²) in [5, 5.41) is 5.80. The van der Waals surface area contributed by atoms with Crippen LogP contribution in [0.2, 0.25) is 0 Å². The molecule has 0 spiro atoms. The van der Waals surface area contributed by atoms with Crippen molar-refractivity contribution in [3.63, 3.8) is 0 Å². The molecular weight excluding hydrogens is 376 g/mol. The molecule has 1 aliphatic heterocycles. The van der Waals surface area contributed by atoms with Crippen molar-refractivity contribution in [2.75, 3.05) is 36.9 Å². The number of hydrogen-bond donors (Lipinski definition) is 2. The first-order valence-corrected chi connectivity index (χ1v) is 10.7. The minimum Gasteiger partial charge on any atom is -0.371 e. The van der Waals surface area contributed by atoms with Crippen LogP contribution >= 0.6 is 0 Å². The topological polar surface area (TPSA) is 64.7 Å². The summed E-state index contributed by atoms with van der Waals surface area (Å²) in [6, 6.07) is 15.1. The van der Waals surface area contributed by atoms with Gasteiger partial charge in [0.05, 0.1) is 0 Å². The van der Waals surface area contributed by atoms with Crippen LogP contribution in [0, 0.1) is 5.92 Å². The number of amides is 3. The van der Waals surface area contributed by atoms with Gasteiger partial charge in [0, 0.05) is 50.2 Å². The second kappa shape index (κ2) is 10.1. The minimum absolute atomic E-state index is 0.0998. The fourth-order valence-corrected chi connectivity index (χ4v) is 3.56. The molecule has 0 radical (unpaired) electrons. The highest BCUT2D eigenvalue weighted by Crippen LogP contribution is 2.25. The first-order valence-electron chi connectivity index (χ1n) is 10.7. The predicted molar refractivity (Wildman–Crippen MR) is 122 cm³/mol. The van der Waals surface area contributed by atoms with E-state index in [4.69, 9.17) is 0 Å². The standard InChI is InChI=1S/C24H32N4O2/c1-18(2)16-25-23(29)19-10-12-21(13-11-19)26-24(30)27(3)17-20-8-4-5-9-22(20)28-14-6-7-15-28/h4-5,8-13,18H,6-7,14-17H2,1-3H3,(H,25,29)(H,26,30). The highest BCUT2D eigenvalue weighted by atomic mass is 16.2. The molecule has 0 aromatic heterocycles. The lowest BCUT2D eigenvalue weighted by Gasteiger charge is -2.24. The van der Waals surface area contributed by atoms with Gasteiger partial charge < -0.3 is 20.4 Å². The maximum absolute atomic E-state index is 12.7. The van der Waals surface area contributed by atoms with E-state index in [1.54, 1.807) is 36.2 Å². The average molecular weight is 409 g/mol. The van der Waals surface area contributed by atoms with Crippen LogP contribution in [0.5, 0.6) is 0 Å². The van der Waals surface area contributed by atoms with E-state index in [1.165, 1.54) is 18.5 Å². The maximum atomic E-state index is 12.7. The van der Waals surface area contributed by atoms with E-state index >= 15 is 0 Å². The second-order valence-electron chi connectivity index (χ2n) is 8.29. The Kier molecular flexibility index (Phi) is 7.33. The first kappa shape index (κ1) is 21.7. The molecule has 1 heterocycles. The molecule has 0 atom stereocenters. The Morgan fingerprint density at radius 3 is 2.37 bits per heavy atom. The van der Waals surface area contributed by atoms with Gasteiger partial charge in [0.25, 0.3) is 5.91 Å². The molecule has 1 saturated heterocycles. The number of rotatable bonds is 7. The van der Waals surface area contributed by atoms with Crippen LogP contribution in [0.1, 0.15) is 42.6 Å². The van der Waals surface area contributed by atoms with Gasteiger partial charge in [-0.3, -0.25) is 4.79 Å². The van der Waals surface area contributed by atoms with Crippen molar-refractivity contribution in [2.45, 2.75) is 33.2 Å². The SMILES string of the molecule is CC(C)CNC(=O)c1ccc(NC(=O)N(C)Cc2ccccc2N2CCCC2)cc1. The summed E-state index contributed by atoms with van der Waals surface area (Å²) >= 11 is 0. The Morgan fingerprint density at radius 2 is 1.70 bits per heavy atom. The number of carbonyl (C=O) groups is 2. The molecule has 0 bridgehead atoms. The van der Waals surface area contributed by atoms with Crippen molar-refractivity contribution < 1.29 is 9.59 Å². The molecule has 0 aliphatic carbocycles. The molecule has 3 amide bonds. The highest BCUT2D eigenvalue weighted by molar-refractivity contribution is 5.95. The van der Waals surface area contributed by atoms with Gasteiger partial charge >= 0.3 is 6.03 Å². The molecule has 2 aromatic rings. The smallest absolute Gasteiger partial charge is 0.321 e. The molecule has 30 heavy (non-hydrogen) atoms. The molecule has 0 saturated carbocycles. The van der Waals surface area contributed by atoms with Crippen LogP contribution in [0.3, 0.4) is 0 Å². The highest BCUT2D eigenvalue weighted by Gasteiger charge is 2.18. The number of hydrogen-bond acceptors (Lipinski definition) is 3. The van der Waals surface area contributed by atoms with Crippen molar-refractivity contribution in [3.05, 3.63) is 59.7 Å². The van der Waals surface area contributed by atoms with Gasteiger partial charge in [-0.15, -0.1) is 0 Å². The number of urea groups is 1. The van der Waals surface area contributed by atoms with Crippen LogP contribution in [0.4, 0.5) is 16.2 Å². The molecule has 1 fully saturated rings. The Labute approximate surface area is 179 Å². The second-order valence-corrected chi connectivity index (χ2v) is 8.29. The largest absolute Gasteiger partial charge is 0.371 e. The Balaban J connectivity index is 1.58. The summed E-state index contributed by atoms with van der Waals surface area (Å²) in [4.78, 5) is 28.9. The van der Waals surface area contributed by atoms with Gasteiger partial charge in [0.2, 0.25) is 0 Å². The third kappa shape index (κ3) is 5.75. The van der Waals surface area contributed by atoms with E-state index in [0.717, 1.165) is 18.7 Å². The summed E-state index contributed by atoms with van der Waals surface area (Å²) in [5.74, 6) is 0.302. The van der Waals surface area contributed by atoms with Crippen molar-refractivity contribution >= 4 is 23.3 Å². The van der Waals surface area contributed by atoms with Crippen LogP contribution < -0.4 is 15.5 Å². The fourth-order valence-electron chi connectivity index (χ4n) is 3.56. The number of carbonyl (C=O) groups excluding carboxylic acids is 2. The third-order valence-corrected chi connectivity index (χ3v) is 5.26. The van der Waals surface area contributed by atoms with E-state index < -0.39 is 0 Å². The summed E-state index contributed by atoms with van der Waals surface area (Å²) in [6.07, 6.45) is 2.44. The Hall–Kier alpha value is -3.02. The zero-order valence-corrected chi connectivity index (χ0v) is 18.1. The Morgan fingerprint density at radius 1 is 1.03 bits per heavy atom. The quantitative estimate of drug-likeness (QED) is 0.716. The lowest BCUT2D eigenvalue weighted by molar-refractivity contribution is 0.0949. The van der Waals surface area contributed by atoms with Gasteiger partial charge in [0.1, 0.15) is 0 Å². The van der Waals surface area contributed by atoms with Crippen molar-refractivity contribution in [2.24, 2.45) is 5.92 Å². The van der Waals surface area contributed by atoms with E-state index in [2.05, 4.69) is 47.6 Å². The van der Waals surface area contributed by atoms with Gasteiger partial charge in [-0.2, -0.15) is 0 Å². The summed E-state index contributed by atoms with van der Waals surface area (Å²) in [7, 11) is 1.80. The molecule has 3 rings (SSSR count). The number of benzene rings is 2. The van der Waals surface area contributed by atoms with Crippen LogP contribution in [0.15, 0.2) is 48.5 Å². The van der Waals surface area contributed by atoms with Gasteiger partial charge in [-0.1, -0.05) is 32.0 Å². The first-order chi connectivity index (χ1) is 14.4. The zero-order valence-electron chi connectivity index (χ0n) is 18.1. The zero-order chi connectivity index (χ0) is 21.5. The maximum Gasteiger partial charge on any atom is 0.321 e. The third-order valence-electron chi connectivity index (χ3n) is 5.26. The van der Waals surface area contributed by atoms with E-state index in [0.29, 0.717) is 30.3 Å². The van der Waals surface area contributed by atoms with Gasteiger partial charge in [-0.25, -0.2) is 4.79 Å². The van der Waals surface area contributed by atoms with E-state index in [9.17, 15) is 9.59 Å². The molecule has 1 aliphatic rings. The van der Waals surface area contributed by atoms with Crippen molar-refractivity contribution in [1.29, 1.82) is 0 Å². The minimum atomic E-state index is -0.178. The lowest BCUT2D eigenvalue weighted by atomic mass is 10.1. The number of nitrogens with one attached hydrogen (secondary N) is 2. The number of anilines is 2. The molecular formula is C24H32N4O2. The van der Waals surface area contributed by atoms with Gasteiger partial charge in [0.15, 0.2) is 0 Å². The van der Waals surface area contributed by atoms with Crippen LogP contribution in [-0.4, -0.2) is 43.5 Å². The molecule has 6 nitrogen and oxygen atoms in total. The van der Waals surface area contributed by atoms with Crippen molar-refractivity contribution in [3.8, 4) is 0 Å². The van der Waals surface area contributed by atoms with Crippen molar-refractivity contribution in [1.82, 2.24) is 10.2 Å². The van der Waals surface area contributed by atoms with Crippen LogP contribution in [0.25, 0.3) is 0 Å². The van der Waals surface area contributed by atoms with E-state index in [-0.39, 0.29) is 11.9 Å². The molecule has 6 heteroatoms. The summed E-state index contributed by atoms with van der Waals surface area (Å²) in [6.45, 7) is 7.43. The summed E-state index contributed by atoms with van der Waals surface area (Å²) < 4.78 is 0. The molecule has 0 unspecified atom stereocenters. The monoisotopic (exact) mass is 408 g/mol. The molecule has 2 N–H and O–H groups in total. The number of nitrogens with zero attached hydrogens (tertiary/aromatic N) is 2. The van der Waals surface area contributed by atoms with E-state index in [1.807, 2.05) is 6.07 Å². The molecule has 2 aromatic carbocycles. The lowest BCUT2D eigenvalue weighted by Crippen LogP contribution is -2.31. The van der Waals surface area contributed by atoms with Gasteiger partial charge in [-0.05, 0) is 54.7 Å². The normalized spacial score (nSPS) is 13.4. The molecule has 160 valence electrons. The summed E-state index contributed by atoms with van der Waals surface area (Å²) in [5.41, 5.74) is 3.61.